The van der Waals surface area contributed by atoms with Crippen molar-refractivity contribution in [3.8, 4) is 0 Å². The standard InChI is InChI=1S/C14H20N2O2/c1-16(11-12-5-9-15-10-6-12)14(13(17)18)7-3-2-4-8-14/h5-6,9-10H,2-4,7-8,11H2,1H3,(H,17,18). The summed E-state index contributed by atoms with van der Waals surface area (Å²) in [5, 5.41) is 9.58. The van der Waals surface area contributed by atoms with Crippen LogP contribution in [-0.2, 0) is 11.3 Å². The first-order valence-corrected chi connectivity index (χ1v) is 6.49. The minimum atomic E-state index is -0.682. The number of rotatable bonds is 4. The minimum absolute atomic E-state index is 0.662. The van der Waals surface area contributed by atoms with Gasteiger partial charge in [-0.05, 0) is 37.6 Å². The van der Waals surface area contributed by atoms with Crippen LogP contribution in [-0.4, -0.2) is 33.5 Å². The first-order chi connectivity index (χ1) is 8.65. The highest BCUT2D eigenvalue weighted by Crippen LogP contribution is 2.34. The van der Waals surface area contributed by atoms with E-state index in [1.165, 1.54) is 0 Å². The number of hydrogen-bond donors (Lipinski definition) is 1. The molecule has 0 atom stereocenters. The lowest BCUT2D eigenvalue weighted by Crippen LogP contribution is -2.53. The first kappa shape index (κ1) is 13.0. The molecule has 0 aliphatic heterocycles. The normalized spacial score (nSPS) is 18.8. The Morgan fingerprint density at radius 1 is 1.33 bits per heavy atom. The summed E-state index contributed by atoms with van der Waals surface area (Å²) in [6.45, 7) is 0.662. The molecule has 98 valence electrons. The van der Waals surface area contributed by atoms with E-state index in [1.807, 2.05) is 24.1 Å². The number of carbonyl (C=O) groups is 1. The summed E-state index contributed by atoms with van der Waals surface area (Å²) in [4.78, 5) is 17.6. The summed E-state index contributed by atoms with van der Waals surface area (Å²) in [6.07, 6.45) is 8.17. The predicted octanol–water partition coefficient (Wildman–Crippen LogP) is 2.30. The van der Waals surface area contributed by atoms with Gasteiger partial charge >= 0.3 is 5.97 Å². The third kappa shape index (κ3) is 2.53. The van der Waals surface area contributed by atoms with Gasteiger partial charge in [-0.2, -0.15) is 0 Å². The molecule has 2 rings (SSSR count). The molecular weight excluding hydrogens is 228 g/mol. The van der Waals surface area contributed by atoms with Crippen molar-refractivity contribution < 1.29 is 9.90 Å². The second-order valence-electron chi connectivity index (χ2n) is 5.11. The van der Waals surface area contributed by atoms with Crippen molar-refractivity contribution >= 4 is 5.97 Å². The fraction of sp³-hybridized carbons (Fsp3) is 0.571. The third-order valence-corrected chi connectivity index (χ3v) is 3.98. The van der Waals surface area contributed by atoms with E-state index in [-0.39, 0.29) is 0 Å². The highest BCUT2D eigenvalue weighted by atomic mass is 16.4. The van der Waals surface area contributed by atoms with Crippen LogP contribution in [0.5, 0.6) is 0 Å². The highest BCUT2D eigenvalue weighted by Gasteiger charge is 2.43. The van der Waals surface area contributed by atoms with Crippen LogP contribution in [0.15, 0.2) is 24.5 Å². The molecule has 1 aliphatic carbocycles. The fourth-order valence-electron chi connectivity index (χ4n) is 2.81. The van der Waals surface area contributed by atoms with Gasteiger partial charge in [0.25, 0.3) is 0 Å². The largest absolute Gasteiger partial charge is 0.480 e. The lowest BCUT2D eigenvalue weighted by atomic mass is 9.80. The van der Waals surface area contributed by atoms with Gasteiger partial charge in [0.15, 0.2) is 0 Å². The van der Waals surface area contributed by atoms with Crippen LogP contribution in [0, 0.1) is 0 Å². The van der Waals surface area contributed by atoms with Crippen molar-refractivity contribution in [1.29, 1.82) is 0 Å². The molecule has 1 heterocycles. The maximum absolute atomic E-state index is 11.7. The Morgan fingerprint density at radius 3 is 2.50 bits per heavy atom. The van der Waals surface area contributed by atoms with Crippen LogP contribution < -0.4 is 0 Å². The molecule has 1 saturated carbocycles. The number of likely N-dealkylation sites (N-methyl/N-ethyl adjacent to an activating group) is 1. The molecule has 0 saturated heterocycles. The van der Waals surface area contributed by atoms with Crippen LogP contribution >= 0.6 is 0 Å². The van der Waals surface area contributed by atoms with E-state index in [4.69, 9.17) is 0 Å². The minimum Gasteiger partial charge on any atom is -0.480 e. The molecule has 0 amide bonds. The van der Waals surface area contributed by atoms with Gasteiger partial charge in [-0.25, -0.2) is 0 Å². The average molecular weight is 248 g/mol. The number of pyridine rings is 1. The number of carboxylic acid groups (broad SMARTS) is 1. The molecule has 4 heteroatoms. The van der Waals surface area contributed by atoms with Gasteiger partial charge in [-0.1, -0.05) is 19.3 Å². The van der Waals surface area contributed by atoms with Gasteiger partial charge in [0.2, 0.25) is 0 Å². The average Bonchev–Trinajstić information content (AvgIpc) is 2.40. The van der Waals surface area contributed by atoms with E-state index in [9.17, 15) is 9.90 Å². The Kier molecular flexibility index (Phi) is 3.97. The van der Waals surface area contributed by atoms with Crippen LogP contribution in [0.25, 0.3) is 0 Å². The van der Waals surface area contributed by atoms with Gasteiger partial charge in [-0.3, -0.25) is 14.7 Å². The molecule has 1 aromatic heterocycles. The molecule has 0 bridgehead atoms. The molecule has 1 N–H and O–H groups in total. The molecule has 1 aromatic rings. The summed E-state index contributed by atoms with van der Waals surface area (Å²) in [5.74, 6) is -0.682. The topological polar surface area (TPSA) is 53.4 Å². The highest BCUT2D eigenvalue weighted by molar-refractivity contribution is 5.78. The fourth-order valence-corrected chi connectivity index (χ4v) is 2.81. The Labute approximate surface area is 108 Å². The van der Waals surface area contributed by atoms with E-state index >= 15 is 0 Å². The zero-order valence-corrected chi connectivity index (χ0v) is 10.8. The Hall–Kier alpha value is -1.42. The Bertz CT molecular complexity index is 400. The van der Waals surface area contributed by atoms with E-state index in [0.717, 1.165) is 37.7 Å². The van der Waals surface area contributed by atoms with Crippen molar-refractivity contribution in [2.24, 2.45) is 0 Å². The van der Waals surface area contributed by atoms with Crippen molar-refractivity contribution in [2.45, 2.75) is 44.2 Å². The Morgan fingerprint density at radius 2 is 1.94 bits per heavy atom. The number of hydrogen-bond acceptors (Lipinski definition) is 3. The zero-order valence-electron chi connectivity index (χ0n) is 10.8. The Balaban J connectivity index is 2.13. The molecule has 0 radical (unpaired) electrons. The quantitative estimate of drug-likeness (QED) is 0.888. The van der Waals surface area contributed by atoms with E-state index in [0.29, 0.717) is 6.54 Å². The summed E-state index contributed by atoms with van der Waals surface area (Å²) >= 11 is 0. The van der Waals surface area contributed by atoms with E-state index in [2.05, 4.69) is 4.98 Å². The summed E-state index contributed by atoms with van der Waals surface area (Å²) in [5.41, 5.74) is 0.431. The molecular formula is C14H20N2O2. The van der Waals surface area contributed by atoms with Crippen molar-refractivity contribution in [3.05, 3.63) is 30.1 Å². The van der Waals surface area contributed by atoms with Crippen molar-refractivity contribution in [2.75, 3.05) is 7.05 Å². The first-order valence-electron chi connectivity index (χ1n) is 6.49. The van der Waals surface area contributed by atoms with Crippen LogP contribution in [0.4, 0.5) is 0 Å². The number of aromatic nitrogens is 1. The van der Waals surface area contributed by atoms with Gasteiger partial charge < -0.3 is 5.11 Å². The third-order valence-electron chi connectivity index (χ3n) is 3.98. The summed E-state index contributed by atoms with van der Waals surface area (Å²) < 4.78 is 0. The molecule has 18 heavy (non-hydrogen) atoms. The van der Waals surface area contributed by atoms with Gasteiger partial charge in [0.05, 0.1) is 0 Å². The number of carboxylic acids is 1. The van der Waals surface area contributed by atoms with Crippen LogP contribution in [0.2, 0.25) is 0 Å². The zero-order chi connectivity index (χ0) is 13.0. The maximum Gasteiger partial charge on any atom is 0.324 e. The second-order valence-corrected chi connectivity index (χ2v) is 5.11. The van der Waals surface area contributed by atoms with Gasteiger partial charge in [-0.15, -0.1) is 0 Å². The summed E-state index contributed by atoms with van der Waals surface area (Å²) in [6, 6.07) is 3.88. The second kappa shape index (κ2) is 5.48. The van der Waals surface area contributed by atoms with Crippen molar-refractivity contribution in [1.82, 2.24) is 9.88 Å². The molecule has 0 aromatic carbocycles. The molecule has 1 fully saturated rings. The van der Waals surface area contributed by atoms with E-state index < -0.39 is 11.5 Å². The summed E-state index contributed by atoms with van der Waals surface area (Å²) in [7, 11) is 1.92. The van der Waals surface area contributed by atoms with E-state index in [1.54, 1.807) is 12.4 Å². The number of aliphatic carboxylic acids is 1. The monoisotopic (exact) mass is 248 g/mol. The van der Waals surface area contributed by atoms with Crippen LogP contribution in [0.1, 0.15) is 37.7 Å². The predicted molar refractivity (Wildman–Crippen MR) is 69.2 cm³/mol. The molecule has 1 aliphatic rings. The van der Waals surface area contributed by atoms with Crippen molar-refractivity contribution in [3.63, 3.8) is 0 Å². The van der Waals surface area contributed by atoms with Crippen LogP contribution in [0.3, 0.4) is 0 Å². The molecule has 0 unspecified atom stereocenters. The maximum atomic E-state index is 11.7. The SMILES string of the molecule is CN(Cc1ccncc1)C1(C(=O)O)CCCCC1. The lowest BCUT2D eigenvalue weighted by molar-refractivity contribution is -0.153. The smallest absolute Gasteiger partial charge is 0.324 e. The van der Waals surface area contributed by atoms with Gasteiger partial charge in [0.1, 0.15) is 5.54 Å². The van der Waals surface area contributed by atoms with Gasteiger partial charge in [0, 0.05) is 18.9 Å². The molecule has 4 nitrogen and oxygen atoms in total. The lowest BCUT2D eigenvalue weighted by Gasteiger charge is -2.41. The number of nitrogens with zero attached hydrogens (tertiary/aromatic N) is 2. The molecule has 0 spiro atoms.